The molecule has 0 unspecified atom stereocenters. The standard InChI is InChI=1S/C72H76BN3O/c1-44-34-53-55(70(10,11)33-32-69(53,8)9)41-59(44)76-61-42-56-54(71(12,13)43-72(56,14)15)40-58(61)73-57-31-28-49(74(47-22-18-16-19-23-47)48-24-20-17-21-25-48)38-60(57)75(62-35-46(68(5,6)7)36-63(76)66(62)73)50-27-30-52-51-29-26-45(67(2,3)4)37-64(51)77-65(52)39-50/h16-31,34-42H,32-33,43H2,1-15H3. The quantitative estimate of drug-likeness (QED) is 0.160. The van der Waals surface area contributed by atoms with Gasteiger partial charge in [0.25, 0.3) is 6.71 Å². The third kappa shape index (κ3) is 7.67. The molecule has 3 heterocycles. The van der Waals surface area contributed by atoms with Crippen LogP contribution in [-0.4, -0.2) is 6.71 Å². The van der Waals surface area contributed by atoms with E-state index in [1.165, 1.54) is 90.2 Å². The van der Waals surface area contributed by atoms with Gasteiger partial charge in [0.2, 0.25) is 0 Å². The van der Waals surface area contributed by atoms with Crippen molar-refractivity contribution in [2.45, 2.75) is 156 Å². The summed E-state index contributed by atoms with van der Waals surface area (Å²) in [7, 11) is 0. The van der Waals surface area contributed by atoms with Crippen LogP contribution >= 0.6 is 0 Å². The summed E-state index contributed by atoms with van der Waals surface area (Å²) in [5, 5.41) is 2.28. The molecule has 9 aromatic rings. The number of nitrogens with zero attached hydrogens (tertiary/aromatic N) is 3. The van der Waals surface area contributed by atoms with Crippen molar-refractivity contribution in [1.29, 1.82) is 0 Å². The van der Waals surface area contributed by atoms with Crippen LogP contribution in [0.1, 0.15) is 155 Å². The summed E-state index contributed by atoms with van der Waals surface area (Å²) in [5.41, 5.74) is 26.3. The molecule has 77 heavy (non-hydrogen) atoms. The van der Waals surface area contributed by atoms with Gasteiger partial charge < -0.3 is 19.1 Å². The van der Waals surface area contributed by atoms with E-state index in [0.29, 0.717) is 0 Å². The molecule has 388 valence electrons. The maximum atomic E-state index is 6.98. The Bertz CT molecular complexity index is 3860. The molecule has 0 amide bonds. The second-order valence-corrected chi connectivity index (χ2v) is 28.1. The maximum Gasteiger partial charge on any atom is 0.252 e. The van der Waals surface area contributed by atoms with E-state index in [4.69, 9.17) is 4.42 Å². The van der Waals surface area contributed by atoms with E-state index in [2.05, 4.69) is 270 Å². The van der Waals surface area contributed by atoms with Crippen LogP contribution in [0.3, 0.4) is 0 Å². The molecular formula is C72H76BN3O. The van der Waals surface area contributed by atoms with E-state index in [1.54, 1.807) is 0 Å². The largest absolute Gasteiger partial charge is 0.456 e. The fourth-order valence-electron chi connectivity index (χ4n) is 14.5. The number of para-hydroxylation sites is 2. The highest BCUT2D eigenvalue weighted by Gasteiger charge is 2.49. The SMILES string of the molecule is Cc1cc2c(cc1N1c3cc4c(cc3B3c5ccc(N(c6ccccc6)c6ccccc6)cc5N(c5ccc6c(c5)oc5cc(C(C)(C)C)ccc56)c5cc(C(C)(C)C)cc1c53)C(C)(C)CC4(C)C)C(C)(C)CCC2(C)C. The monoisotopic (exact) mass is 1010 g/mol. The van der Waals surface area contributed by atoms with Gasteiger partial charge in [-0.25, -0.2) is 0 Å². The van der Waals surface area contributed by atoms with Gasteiger partial charge in [-0.1, -0.05) is 164 Å². The normalized spacial score (nSPS) is 17.5. The minimum atomic E-state index is -0.174. The zero-order valence-corrected chi connectivity index (χ0v) is 48.4. The van der Waals surface area contributed by atoms with Crippen molar-refractivity contribution in [3.8, 4) is 0 Å². The van der Waals surface area contributed by atoms with Crippen molar-refractivity contribution < 1.29 is 4.42 Å². The molecule has 4 nitrogen and oxygen atoms in total. The van der Waals surface area contributed by atoms with Gasteiger partial charge in [-0.15, -0.1) is 0 Å². The predicted octanol–water partition coefficient (Wildman–Crippen LogP) is 18.3. The first-order valence-corrected chi connectivity index (χ1v) is 28.5. The minimum absolute atomic E-state index is 0.00238. The number of hydrogen-bond donors (Lipinski definition) is 0. The van der Waals surface area contributed by atoms with Gasteiger partial charge in [0, 0.05) is 68.0 Å². The number of aryl methyl sites for hydroxylation is 1. The van der Waals surface area contributed by atoms with Crippen molar-refractivity contribution in [2.75, 3.05) is 14.7 Å². The van der Waals surface area contributed by atoms with Crippen LogP contribution in [0.4, 0.5) is 51.2 Å². The van der Waals surface area contributed by atoms with E-state index < -0.39 is 0 Å². The third-order valence-electron chi connectivity index (χ3n) is 18.7. The Kier molecular flexibility index (Phi) is 10.6. The van der Waals surface area contributed by atoms with E-state index in [9.17, 15) is 0 Å². The highest BCUT2D eigenvalue weighted by Crippen LogP contribution is 2.55. The average molecular weight is 1010 g/mol. The van der Waals surface area contributed by atoms with Gasteiger partial charge in [-0.2, -0.15) is 0 Å². The molecule has 8 aromatic carbocycles. The van der Waals surface area contributed by atoms with E-state index in [-0.39, 0.29) is 39.2 Å². The van der Waals surface area contributed by atoms with E-state index in [1.807, 2.05) is 0 Å². The second kappa shape index (κ2) is 16.5. The zero-order valence-electron chi connectivity index (χ0n) is 48.4. The number of furan rings is 1. The molecule has 0 N–H and O–H groups in total. The van der Waals surface area contributed by atoms with Gasteiger partial charge >= 0.3 is 0 Å². The number of anilines is 9. The molecule has 4 aliphatic rings. The Morgan fingerprint density at radius 3 is 1.57 bits per heavy atom. The first-order valence-electron chi connectivity index (χ1n) is 28.5. The van der Waals surface area contributed by atoms with E-state index >= 15 is 0 Å². The summed E-state index contributed by atoms with van der Waals surface area (Å²) in [6.45, 7) is 36.1. The van der Waals surface area contributed by atoms with Crippen LogP contribution in [0.2, 0.25) is 0 Å². The predicted molar refractivity (Wildman–Crippen MR) is 331 cm³/mol. The number of hydrogen-bond acceptors (Lipinski definition) is 4. The van der Waals surface area contributed by atoms with Crippen molar-refractivity contribution in [1.82, 2.24) is 0 Å². The van der Waals surface area contributed by atoms with Gasteiger partial charge in [-0.05, 0) is 193 Å². The topological polar surface area (TPSA) is 22.9 Å². The summed E-state index contributed by atoms with van der Waals surface area (Å²) < 4.78 is 6.98. The average Bonchev–Trinajstić information content (AvgIpc) is 4.04. The Hall–Kier alpha value is -6.98. The highest BCUT2D eigenvalue weighted by atomic mass is 16.3. The number of benzene rings is 8. The smallest absolute Gasteiger partial charge is 0.252 e. The molecule has 0 fully saturated rings. The molecule has 2 aliphatic heterocycles. The van der Waals surface area contributed by atoms with Crippen molar-refractivity contribution >= 4 is 96.2 Å². The Morgan fingerprint density at radius 1 is 0.442 bits per heavy atom. The zero-order chi connectivity index (χ0) is 54.1. The minimum Gasteiger partial charge on any atom is -0.456 e. The van der Waals surface area contributed by atoms with Crippen LogP contribution in [0.25, 0.3) is 21.9 Å². The van der Waals surface area contributed by atoms with E-state index in [0.717, 1.165) is 57.5 Å². The van der Waals surface area contributed by atoms with Gasteiger partial charge in [-0.3, -0.25) is 0 Å². The molecular weight excluding hydrogens is 934 g/mol. The summed E-state index contributed by atoms with van der Waals surface area (Å²) in [6, 6.07) is 58.4. The van der Waals surface area contributed by atoms with Crippen LogP contribution in [0, 0.1) is 6.92 Å². The highest BCUT2D eigenvalue weighted by molar-refractivity contribution is 7.00. The molecule has 0 radical (unpaired) electrons. The van der Waals surface area contributed by atoms with Gasteiger partial charge in [0.15, 0.2) is 0 Å². The summed E-state index contributed by atoms with van der Waals surface area (Å²) >= 11 is 0. The Morgan fingerprint density at radius 2 is 0.961 bits per heavy atom. The molecule has 0 atom stereocenters. The van der Waals surface area contributed by atoms with Crippen LogP contribution < -0.4 is 31.1 Å². The molecule has 0 bridgehead atoms. The van der Waals surface area contributed by atoms with Crippen LogP contribution in [-0.2, 0) is 32.5 Å². The Balaban J connectivity index is 1.15. The van der Waals surface area contributed by atoms with Gasteiger partial charge in [0.1, 0.15) is 11.2 Å². The first kappa shape index (κ1) is 49.6. The lowest BCUT2D eigenvalue weighted by Gasteiger charge is -2.47. The molecule has 1 aromatic heterocycles. The first-order chi connectivity index (χ1) is 36.3. The second-order valence-electron chi connectivity index (χ2n) is 28.1. The molecule has 0 saturated heterocycles. The van der Waals surface area contributed by atoms with Crippen molar-refractivity contribution in [2.24, 2.45) is 0 Å². The molecule has 2 aliphatic carbocycles. The molecule has 5 heteroatoms. The van der Waals surface area contributed by atoms with Crippen LogP contribution in [0.5, 0.6) is 0 Å². The Labute approximate surface area is 459 Å². The molecule has 0 spiro atoms. The lowest BCUT2D eigenvalue weighted by atomic mass is 9.33. The van der Waals surface area contributed by atoms with Gasteiger partial charge in [0.05, 0.1) is 0 Å². The summed E-state index contributed by atoms with van der Waals surface area (Å²) in [6.07, 6.45) is 3.44. The number of rotatable bonds is 5. The number of fused-ring (bicyclic) bond motifs is 9. The lowest BCUT2D eigenvalue weighted by molar-refractivity contribution is 0.332. The molecule has 0 saturated carbocycles. The lowest BCUT2D eigenvalue weighted by Crippen LogP contribution is -2.61. The third-order valence-corrected chi connectivity index (χ3v) is 18.7. The fourth-order valence-corrected chi connectivity index (χ4v) is 14.5. The van der Waals surface area contributed by atoms with Crippen LogP contribution in [0.15, 0.2) is 156 Å². The van der Waals surface area contributed by atoms with Crippen molar-refractivity contribution in [3.05, 3.63) is 191 Å². The summed E-state index contributed by atoms with van der Waals surface area (Å²) in [5.74, 6) is 0. The molecule has 13 rings (SSSR count). The fraction of sp³-hybridized carbons (Fsp3) is 0.333. The summed E-state index contributed by atoms with van der Waals surface area (Å²) in [4.78, 5) is 7.74. The van der Waals surface area contributed by atoms with Crippen molar-refractivity contribution in [3.63, 3.8) is 0 Å². The maximum absolute atomic E-state index is 6.98.